The van der Waals surface area contributed by atoms with Crippen molar-refractivity contribution >= 4 is 5.91 Å². The van der Waals surface area contributed by atoms with Crippen molar-refractivity contribution in [3.05, 3.63) is 35.1 Å². The van der Waals surface area contributed by atoms with Gasteiger partial charge in [0.2, 0.25) is 0 Å². The Bertz CT molecular complexity index is 443. The first-order valence-corrected chi connectivity index (χ1v) is 6.00. The van der Waals surface area contributed by atoms with Crippen LogP contribution in [-0.2, 0) is 6.18 Å². The van der Waals surface area contributed by atoms with E-state index >= 15 is 0 Å². The van der Waals surface area contributed by atoms with E-state index in [1.807, 2.05) is 6.92 Å². The third-order valence-electron chi connectivity index (χ3n) is 2.55. The third-order valence-corrected chi connectivity index (χ3v) is 2.55. The third kappa shape index (κ3) is 4.89. The molecule has 0 unspecified atom stereocenters. The van der Waals surface area contributed by atoms with Gasteiger partial charge in [0, 0.05) is 12.1 Å². The Balaban J connectivity index is 2.77. The first kappa shape index (κ1) is 15.5. The van der Waals surface area contributed by atoms with Gasteiger partial charge in [-0.25, -0.2) is 4.39 Å². The average Bonchev–Trinajstić information content (AvgIpc) is 2.32. The van der Waals surface area contributed by atoms with E-state index in [0.717, 1.165) is 25.3 Å². The second-order valence-corrected chi connectivity index (χ2v) is 4.19. The SMILES string of the molecule is CCCCCNC(=O)c1cc(F)cc(C(F)(F)F)c1. The fourth-order valence-corrected chi connectivity index (χ4v) is 1.56. The Morgan fingerprint density at radius 2 is 1.89 bits per heavy atom. The zero-order valence-electron chi connectivity index (χ0n) is 10.5. The highest BCUT2D eigenvalue weighted by atomic mass is 19.4. The molecule has 1 amide bonds. The summed E-state index contributed by atoms with van der Waals surface area (Å²) in [6, 6.07) is 1.82. The molecule has 1 rings (SSSR count). The topological polar surface area (TPSA) is 29.1 Å². The Morgan fingerprint density at radius 1 is 1.21 bits per heavy atom. The van der Waals surface area contributed by atoms with Gasteiger partial charge < -0.3 is 5.32 Å². The maximum atomic E-state index is 13.1. The molecular formula is C13H15F4NO. The molecule has 0 fully saturated rings. The highest BCUT2D eigenvalue weighted by Gasteiger charge is 2.31. The van der Waals surface area contributed by atoms with Gasteiger partial charge in [0.05, 0.1) is 5.56 Å². The van der Waals surface area contributed by atoms with E-state index in [-0.39, 0.29) is 5.56 Å². The van der Waals surface area contributed by atoms with Crippen LogP contribution in [-0.4, -0.2) is 12.5 Å². The largest absolute Gasteiger partial charge is 0.416 e. The lowest BCUT2D eigenvalue weighted by Crippen LogP contribution is -2.25. The van der Waals surface area contributed by atoms with Crippen LogP contribution in [0.4, 0.5) is 17.6 Å². The molecule has 0 heterocycles. The number of alkyl halides is 3. The molecule has 106 valence electrons. The minimum Gasteiger partial charge on any atom is -0.352 e. The summed E-state index contributed by atoms with van der Waals surface area (Å²) < 4.78 is 50.5. The van der Waals surface area contributed by atoms with E-state index in [2.05, 4.69) is 5.32 Å². The van der Waals surface area contributed by atoms with Crippen LogP contribution in [0, 0.1) is 5.82 Å². The second-order valence-electron chi connectivity index (χ2n) is 4.19. The Morgan fingerprint density at radius 3 is 2.47 bits per heavy atom. The summed E-state index contributed by atoms with van der Waals surface area (Å²) in [6.45, 7) is 2.36. The van der Waals surface area contributed by atoms with E-state index in [4.69, 9.17) is 0 Å². The molecular weight excluding hydrogens is 262 g/mol. The molecule has 0 aliphatic carbocycles. The minimum absolute atomic E-state index is 0.316. The lowest BCUT2D eigenvalue weighted by Gasteiger charge is -2.09. The van der Waals surface area contributed by atoms with Crippen LogP contribution in [0.15, 0.2) is 18.2 Å². The van der Waals surface area contributed by atoms with Crippen molar-refractivity contribution in [2.75, 3.05) is 6.54 Å². The van der Waals surface area contributed by atoms with Gasteiger partial charge in [0.1, 0.15) is 5.82 Å². The van der Waals surface area contributed by atoms with Gasteiger partial charge in [-0.3, -0.25) is 4.79 Å². The van der Waals surface area contributed by atoms with Crippen LogP contribution < -0.4 is 5.32 Å². The van der Waals surface area contributed by atoms with E-state index < -0.39 is 23.5 Å². The number of carbonyl (C=O) groups is 1. The number of amides is 1. The van der Waals surface area contributed by atoms with Crippen molar-refractivity contribution < 1.29 is 22.4 Å². The number of benzene rings is 1. The number of hydrogen-bond acceptors (Lipinski definition) is 1. The lowest BCUT2D eigenvalue weighted by molar-refractivity contribution is -0.137. The van der Waals surface area contributed by atoms with Gasteiger partial charge in [-0.1, -0.05) is 19.8 Å². The Labute approximate surface area is 108 Å². The van der Waals surface area contributed by atoms with Crippen molar-refractivity contribution in [2.45, 2.75) is 32.4 Å². The molecule has 0 aliphatic rings. The molecule has 1 N–H and O–H groups in total. The lowest BCUT2D eigenvalue weighted by atomic mass is 10.1. The van der Waals surface area contributed by atoms with Crippen LogP contribution in [0.3, 0.4) is 0 Å². The van der Waals surface area contributed by atoms with Gasteiger partial charge in [-0.15, -0.1) is 0 Å². The monoisotopic (exact) mass is 277 g/mol. The standard InChI is InChI=1S/C13H15F4NO/c1-2-3-4-5-18-12(19)9-6-10(13(15,16)17)8-11(14)7-9/h6-8H,2-5H2,1H3,(H,18,19). The summed E-state index contributed by atoms with van der Waals surface area (Å²) in [6.07, 6.45) is -2.05. The zero-order valence-corrected chi connectivity index (χ0v) is 10.5. The molecule has 0 saturated carbocycles. The van der Waals surface area contributed by atoms with Gasteiger partial charge in [0.15, 0.2) is 0 Å². The summed E-state index contributed by atoms with van der Waals surface area (Å²) in [5.74, 6) is -1.77. The summed E-state index contributed by atoms with van der Waals surface area (Å²) in [5.41, 5.74) is -1.48. The molecule has 0 spiro atoms. The van der Waals surface area contributed by atoms with Gasteiger partial charge in [-0.05, 0) is 24.6 Å². The molecule has 0 aliphatic heterocycles. The summed E-state index contributed by atoms with van der Waals surface area (Å²) in [7, 11) is 0. The first-order chi connectivity index (χ1) is 8.84. The van der Waals surface area contributed by atoms with Gasteiger partial charge >= 0.3 is 6.18 Å². The maximum absolute atomic E-state index is 13.1. The van der Waals surface area contributed by atoms with Crippen LogP contribution in [0.25, 0.3) is 0 Å². The van der Waals surface area contributed by atoms with Crippen molar-refractivity contribution in [3.8, 4) is 0 Å². The van der Waals surface area contributed by atoms with E-state index in [1.54, 1.807) is 0 Å². The second kappa shape index (κ2) is 6.54. The Kier molecular flexibility index (Phi) is 5.32. The van der Waals surface area contributed by atoms with Crippen LogP contribution >= 0.6 is 0 Å². The smallest absolute Gasteiger partial charge is 0.352 e. The quantitative estimate of drug-likeness (QED) is 0.644. The number of nitrogens with one attached hydrogen (secondary N) is 1. The van der Waals surface area contributed by atoms with Crippen LogP contribution in [0.2, 0.25) is 0 Å². The Hall–Kier alpha value is -1.59. The van der Waals surface area contributed by atoms with Crippen molar-refractivity contribution in [2.24, 2.45) is 0 Å². The van der Waals surface area contributed by atoms with E-state index in [0.29, 0.717) is 18.7 Å². The molecule has 0 aromatic heterocycles. The van der Waals surface area contributed by atoms with Crippen molar-refractivity contribution in [3.63, 3.8) is 0 Å². The number of carbonyl (C=O) groups excluding carboxylic acids is 1. The highest BCUT2D eigenvalue weighted by Crippen LogP contribution is 2.30. The summed E-state index contributed by atoms with van der Waals surface area (Å²) >= 11 is 0. The molecule has 1 aromatic rings. The molecule has 0 radical (unpaired) electrons. The predicted molar refractivity (Wildman–Crippen MR) is 63.3 cm³/mol. The van der Waals surface area contributed by atoms with Crippen molar-refractivity contribution in [1.82, 2.24) is 5.32 Å². The molecule has 19 heavy (non-hydrogen) atoms. The fraction of sp³-hybridized carbons (Fsp3) is 0.462. The van der Waals surface area contributed by atoms with Gasteiger partial charge in [0.25, 0.3) is 5.91 Å². The number of hydrogen-bond donors (Lipinski definition) is 1. The minimum atomic E-state index is -4.67. The summed E-state index contributed by atoms with van der Waals surface area (Å²) in [4.78, 5) is 11.6. The first-order valence-electron chi connectivity index (χ1n) is 6.00. The zero-order chi connectivity index (χ0) is 14.5. The molecule has 2 nitrogen and oxygen atoms in total. The number of unbranched alkanes of at least 4 members (excludes halogenated alkanes) is 2. The van der Waals surface area contributed by atoms with E-state index in [1.165, 1.54) is 0 Å². The van der Waals surface area contributed by atoms with E-state index in [9.17, 15) is 22.4 Å². The molecule has 1 aromatic carbocycles. The van der Waals surface area contributed by atoms with Crippen LogP contribution in [0.1, 0.15) is 42.1 Å². The molecule has 6 heteroatoms. The highest BCUT2D eigenvalue weighted by molar-refractivity contribution is 5.94. The van der Waals surface area contributed by atoms with Gasteiger partial charge in [-0.2, -0.15) is 13.2 Å². The maximum Gasteiger partial charge on any atom is 0.416 e. The number of rotatable bonds is 5. The normalized spacial score (nSPS) is 11.4. The molecule has 0 bridgehead atoms. The van der Waals surface area contributed by atoms with Crippen molar-refractivity contribution in [1.29, 1.82) is 0 Å². The predicted octanol–water partition coefficient (Wildman–Crippen LogP) is 3.76. The van der Waals surface area contributed by atoms with Crippen LogP contribution in [0.5, 0.6) is 0 Å². The average molecular weight is 277 g/mol. The molecule has 0 saturated heterocycles. The number of halogens is 4. The fourth-order valence-electron chi connectivity index (χ4n) is 1.56. The molecule has 0 atom stereocenters. The summed E-state index contributed by atoms with van der Waals surface area (Å²) in [5, 5.41) is 2.47.